The molecule has 0 unspecified atom stereocenters. The van der Waals surface area contributed by atoms with Crippen LogP contribution in [0.2, 0.25) is 0 Å². The van der Waals surface area contributed by atoms with Gasteiger partial charge >= 0.3 is 0 Å². The van der Waals surface area contributed by atoms with Crippen LogP contribution in [0.25, 0.3) is 0 Å². The minimum Gasteiger partial charge on any atom is -0.337 e. The number of nitrogens with one attached hydrogen (secondary N) is 2. The zero-order valence-electron chi connectivity index (χ0n) is 12.6. The average Bonchev–Trinajstić information content (AvgIpc) is 2.50. The van der Waals surface area contributed by atoms with Gasteiger partial charge in [0.05, 0.1) is 18.4 Å². The van der Waals surface area contributed by atoms with Gasteiger partial charge in [0.2, 0.25) is 0 Å². The molecule has 0 saturated heterocycles. The van der Waals surface area contributed by atoms with Gasteiger partial charge in [-0.05, 0) is 53.0 Å². The molecule has 2 rings (SSSR count). The van der Waals surface area contributed by atoms with Gasteiger partial charge in [-0.15, -0.1) is 0 Å². The Morgan fingerprint density at radius 3 is 2.52 bits per heavy atom. The highest BCUT2D eigenvalue weighted by Crippen LogP contribution is 2.29. The summed E-state index contributed by atoms with van der Waals surface area (Å²) in [6.45, 7) is 3.12. The third-order valence-corrected chi connectivity index (χ3v) is 3.55. The van der Waals surface area contributed by atoms with Crippen molar-refractivity contribution < 1.29 is 18.4 Å². The van der Waals surface area contributed by atoms with E-state index in [1.165, 1.54) is 26.3 Å². The number of hydroxylamine groups is 1. The average molecular weight is 386 g/mol. The molecule has 8 heteroatoms. The van der Waals surface area contributed by atoms with Crippen molar-refractivity contribution >= 4 is 33.3 Å². The lowest BCUT2D eigenvalue weighted by Crippen LogP contribution is -2.24. The molecule has 2 aromatic rings. The summed E-state index contributed by atoms with van der Waals surface area (Å²) in [5.41, 5.74) is 2.40. The van der Waals surface area contributed by atoms with Gasteiger partial charge in [0, 0.05) is 10.7 Å². The Balaban J connectivity index is 2.55. The van der Waals surface area contributed by atoms with Crippen LogP contribution in [0.4, 0.5) is 20.3 Å². The Labute approximate surface area is 140 Å². The second kappa shape index (κ2) is 7.01. The summed E-state index contributed by atoms with van der Waals surface area (Å²) in [5, 5.41) is 2.68. The molecule has 5 nitrogen and oxygen atoms in total. The summed E-state index contributed by atoms with van der Waals surface area (Å²) in [7, 11) is 1.25. The Bertz CT molecular complexity index is 769. The van der Waals surface area contributed by atoms with E-state index in [1.54, 1.807) is 13.0 Å². The molecule has 0 aliphatic heterocycles. The lowest BCUT2D eigenvalue weighted by Gasteiger charge is -2.15. The van der Waals surface area contributed by atoms with Gasteiger partial charge in [-0.25, -0.2) is 19.2 Å². The van der Waals surface area contributed by atoms with E-state index in [0.29, 0.717) is 11.4 Å². The van der Waals surface area contributed by atoms with Crippen molar-refractivity contribution in [1.29, 1.82) is 0 Å². The van der Waals surface area contributed by atoms with E-state index in [0.717, 1.165) is 4.47 Å². The first kappa shape index (κ1) is 17.3. The number of amides is 1. The van der Waals surface area contributed by atoms with Crippen molar-refractivity contribution in [3.05, 3.63) is 51.1 Å². The van der Waals surface area contributed by atoms with E-state index in [2.05, 4.69) is 36.5 Å². The fraction of sp³-hybridized carbons (Fsp3) is 0.200. The number of carbonyl (C=O) groups is 1. The quantitative estimate of drug-likeness (QED) is 0.786. The number of halogens is 3. The van der Waals surface area contributed by atoms with Gasteiger partial charge < -0.3 is 5.32 Å². The predicted molar refractivity (Wildman–Crippen MR) is 85.5 cm³/mol. The minimum absolute atomic E-state index is 0.00907. The topological polar surface area (TPSA) is 63.2 Å². The Hall–Kier alpha value is -2.06. The molecule has 0 radical (unpaired) electrons. The third-order valence-electron chi connectivity index (χ3n) is 3.12. The molecule has 2 N–H and O–H groups in total. The molecule has 1 heterocycles. The highest BCUT2D eigenvalue weighted by molar-refractivity contribution is 9.10. The van der Waals surface area contributed by atoms with E-state index >= 15 is 0 Å². The highest BCUT2D eigenvalue weighted by atomic mass is 79.9. The van der Waals surface area contributed by atoms with Crippen LogP contribution in [0, 0.1) is 25.5 Å². The number of hydrogen-bond donors (Lipinski definition) is 2. The first-order valence-electron chi connectivity index (χ1n) is 6.56. The van der Waals surface area contributed by atoms with Crippen LogP contribution in [0.3, 0.4) is 0 Å². The number of benzene rings is 1. The number of carbonyl (C=O) groups excluding carboxylic acids is 1. The van der Waals surface area contributed by atoms with Crippen molar-refractivity contribution in [2.45, 2.75) is 13.8 Å². The van der Waals surface area contributed by atoms with Crippen molar-refractivity contribution in [2.24, 2.45) is 0 Å². The van der Waals surface area contributed by atoms with Crippen LogP contribution >= 0.6 is 15.9 Å². The van der Waals surface area contributed by atoms with E-state index < -0.39 is 17.5 Å². The van der Waals surface area contributed by atoms with Crippen molar-refractivity contribution in [3.63, 3.8) is 0 Å². The maximum absolute atomic E-state index is 14.3. The van der Waals surface area contributed by atoms with E-state index in [9.17, 15) is 13.6 Å². The first-order chi connectivity index (χ1) is 10.8. The zero-order valence-corrected chi connectivity index (χ0v) is 14.2. The first-order valence-corrected chi connectivity index (χ1v) is 7.35. The number of aryl methyl sites for hydroxylation is 2. The molecule has 0 atom stereocenters. The minimum atomic E-state index is -1.16. The monoisotopic (exact) mass is 385 g/mol. The molecule has 1 aromatic carbocycles. The molecule has 0 aliphatic carbocycles. The summed E-state index contributed by atoms with van der Waals surface area (Å²) >= 11 is 3.27. The van der Waals surface area contributed by atoms with E-state index in [1.807, 2.05) is 0 Å². The number of rotatable bonds is 4. The molecular formula is C15H14BrF2N3O2. The molecule has 0 aliphatic rings. The Morgan fingerprint density at radius 2 is 1.91 bits per heavy atom. The SMILES string of the molecule is CONC(=O)c1cc(C)c(F)c(F)c1Nc1ncc(Br)cc1C. The van der Waals surface area contributed by atoms with Crippen LogP contribution < -0.4 is 10.8 Å². The van der Waals surface area contributed by atoms with Crippen molar-refractivity contribution in [1.82, 2.24) is 10.5 Å². The van der Waals surface area contributed by atoms with Gasteiger partial charge in [-0.3, -0.25) is 9.63 Å². The van der Waals surface area contributed by atoms with Crippen molar-refractivity contribution in [2.75, 3.05) is 12.4 Å². The smallest absolute Gasteiger partial charge is 0.277 e. The number of anilines is 2. The second-order valence-corrected chi connectivity index (χ2v) is 5.74. The standard InChI is InChI=1S/C15H14BrF2N3O2/c1-7-5-10(15(22)21-23-3)13(12(18)11(7)17)20-14-8(2)4-9(16)6-19-14/h4-6H,1-3H3,(H,19,20)(H,21,22). The number of hydrogen-bond acceptors (Lipinski definition) is 4. The predicted octanol–water partition coefficient (Wildman–Crippen LogP) is 3.77. The number of nitrogens with zero attached hydrogens (tertiary/aromatic N) is 1. The summed E-state index contributed by atoms with van der Waals surface area (Å²) in [5.74, 6) is -2.58. The lowest BCUT2D eigenvalue weighted by atomic mass is 10.1. The van der Waals surface area contributed by atoms with Crippen LogP contribution in [0.5, 0.6) is 0 Å². The van der Waals surface area contributed by atoms with Gasteiger partial charge in [-0.1, -0.05) is 0 Å². The maximum atomic E-state index is 14.3. The van der Waals surface area contributed by atoms with E-state index in [4.69, 9.17) is 0 Å². The second-order valence-electron chi connectivity index (χ2n) is 4.82. The largest absolute Gasteiger partial charge is 0.337 e. The normalized spacial score (nSPS) is 10.5. The fourth-order valence-corrected chi connectivity index (χ4v) is 2.44. The van der Waals surface area contributed by atoms with Crippen LogP contribution in [-0.2, 0) is 4.84 Å². The molecule has 0 bridgehead atoms. The maximum Gasteiger partial charge on any atom is 0.277 e. The number of aromatic nitrogens is 1. The molecule has 0 saturated carbocycles. The molecular weight excluding hydrogens is 372 g/mol. The molecule has 0 spiro atoms. The summed E-state index contributed by atoms with van der Waals surface area (Å²) in [4.78, 5) is 20.7. The van der Waals surface area contributed by atoms with Crippen LogP contribution in [-0.4, -0.2) is 18.0 Å². The zero-order chi connectivity index (χ0) is 17.1. The van der Waals surface area contributed by atoms with Crippen LogP contribution in [0.15, 0.2) is 22.8 Å². The lowest BCUT2D eigenvalue weighted by molar-refractivity contribution is 0.0538. The van der Waals surface area contributed by atoms with Crippen LogP contribution in [0.1, 0.15) is 21.5 Å². The van der Waals surface area contributed by atoms with E-state index in [-0.39, 0.29) is 16.8 Å². The highest BCUT2D eigenvalue weighted by Gasteiger charge is 2.22. The Kier molecular flexibility index (Phi) is 5.27. The Morgan fingerprint density at radius 1 is 1.22 bits per heavy atom. The summed E-state index contributed by atoms with van der Waals surface area (Å²) in [6.07, 6.45) is 1.51. The third kappa shape index (κ3) is 3.65. The summed E-state index contributed by atoms with van der Waals surface area (Å²) < 4.78 is 29.0. The fourth-order valence-electron chi connectivity index (χ4n) is 1.99. The van der Waals surface area contributed by atoms with Crippen molar-refractivity contribution in [3.8, 4) is 0 Å². The number of pyridine rings is 1. The molecule has 1 aromatic heterocycles. The van der Waals surface area contributed by atoms with Gasteiger partial charge in [0.25, 0.3) is 5.91 Å². The van der Waals surface area contributed by atoms with Gasteiger partial charge in [0.1, 0.15) is 5.82 Å². The van der Waals surface area contributed by atoms with Gasteiger partial charge in [-0.2, -0.15) is 0 Å². The molecule has 1 amide bonds. The molecule has 122 valence electrons. The summed E-state index contributed by atoms with van der Waals surface area (Å²) in [6, 6.07) is 3.00. The molecule has 0 fully saturated rings. The molecule has 23 heavy (non-hydrogen) atoms. The van der Waals surface area contributed by atoms with Gasteiger partial charge in [0.15, 0.2) is 11.6 Å².